The van der Waals surface area contributed by atoms with Gasteiger partial charge in [0, 0.05) is 12.2 Å². The molecule has 0 fully saturated rings. The van der Waals surface area contributed by atoms with Crippen molar-refractivity contribution in [1.82, 2.24) is 0 Å². The molecule has 0 aliphatic rings. The third-order valence-corrected chi connectivity index (χ3v) is 2.16. The molecule has 1 aromatic carbocycles. The molecule has 0 saturated carbocycles. The quantitative estimate of drug-likeness (QED) is 0.810. The van der Waals surface area contributed by atoms with E-state index in [1.54, 1.807) is 12.1 Å². The summed E-state index contributed by atoms with van der Waals surface area (Å²) in [5.41, 5.74) is -0.286. The third-order valence-electron chi connectivity index (χ3n) is 2.16. The predicted octanol–water partition coefficient (Wildman–Crippen LogP) is 2.93. The number of aromatic carboxylic acids is 1. The van der Waals surface area contributed by atoms with E-state index in [1.807, 2.05) is 0 Å². The van der Waals surface area contributed by atoms with Gasteiger partial charge in [-0.3, -0.25) is 0 Å². The monoisotopic (exact) mass is 225 g/mol. The molecule has 0 aliphatic heterocycles. The summed E-state index contributed by atoms with van der Waals surface area (Å²) in [4.78, 5) is 10.7. The average molecular weight is 225 g/mol. The number of benzene rings is 1. The molecule has 0 radical (unpaired) electrons. The van der Waals surface area contributed by atoms with Crippen molar-refractivity contribution in [1.29, 1.82) is 0 Å². The Morgan fingerprint density at radius 3 is 2.75 bits per heavy atom. The van der Waals surface area contributed by atoms with Crippen molar-refractivity contribution in [3.8, 4) is 0 Å². The lowest BCUT2D eigenvalue weighted by atomic mass is 10.1. The van der Waals surface area contributed by atoms with E-state index in [-0.39, 0.29) is 5.56 Å². The second-order valence-electron chi connectivity index (χ2n) is 4.28. The predicted molar refractivity (Wildman–Crippen MR) is 61.7 cm³/mol. The van der Waals surface area contributed by atoms with Crippen LogP contribution in [-0.2, 0) is 0 Å². The third kappa shape index (κ3) is 4.29. The van der Waals surface area contributed by atoms with Gasteiger partial charge >= 0.3 is 5.97 Å². The zero-order valence-corrected chi connectivity index (χ0v) is 9.46. The normalized spacial score (nSPS) is 11.2. The summed E-state index contributed by atoms with van der Waals surface area (Å²) in [5, 5.41) is 11.8. The summed E-state index contributed by atoms with van der Waals surface area (Å²) in [7, 11) is 0. The number of carboxylic acid groups (broad SMARTS) is 1. The number of carbonyl (C=O) groups is 1. The topological polar surface area (TPSA) is 49.3 Å². The lowest BCUT2D eigenvalue weighted by Crippen LogP contribution is -2.17. The first-order chi connectivity index (χ1) is 7.38. The molecule has 0 atom stereocenters. The lowest BCUT2D eigenvalue weighted by Gasteiger charge is -2.14. The summed E-state index contributed by atoms with van der Waals surface area (Å²) in [5.74, 6) is -0.963. The van der Waals surface area contributed by atoms with Gasteiger partial charge in [0.1, 0.15) is 5.67 Å². The molecule has 0 unspecified atom stereocenters. The van der Waals surface area contributed by atoms with Crippen molar-refractivity contribution < 1.29 is 14.3 Å². The first-order valence-corrected chi connectivity index (χ1v) is 5.15. The van der Waals surface area contributed by atoms with Gasteiger partial charge in [-0.1, -0.05) is 6.07 Å². The maximum absolute atomic E-state index is 13.2. The van der Waals surface area contributed by atoms with Gasteiger partial charge in [0.2, 0.25) is 0 Å². The molecule has 0 amide bonds. The summed E-state index contributed by atoms with van der Waals surface area (Å²) in [6.07, 6.45) is 0.379. The molecule has 4 heteroatoms. The minimum atomic E-state index is -1.21. The van der Waals surface area contributed by atoms with E-state index in [4.69, 9.17) is 5.11 Å². The van der Waals surface area contributed by atoms with Gasteiger partial charge in [-0.05, 0) is 38.5 Å². The highest BCUT2D eigenvalue weighted by Gasteiger charge is 2.14. The molecule has 88 valence electrons. The number of anilines is 1. The van der Waals surface area contributed by atoms with Crippen LogP contribution >= 0.6 is 0 Å². The van der Waals surface area contributed by atoms with Crippen LogP contribution in [0.3, 0.4) is 0 Å². The van der Waals surface area contributed by atoms with Gasteiger partial charge in [-0.2, -0.15) is 0 Å². The van der Waals surface area contributed by atoms with E-state index in [1.165, 1.54) is 26.0 Å². The Kier molecular flexibility index (Phi) is 3.88. The van der Waals surface area contributed by atoms with Crippen LogP contribution in [0.5, 0.6) is 0 Å². The fourth-order valence-corrected chi connectivity index (χ4v) is 1.27. The number of halogens is 1. The van der Waals surface area contributed by atoms with E-state index < -0.39 is 11.6 Å². The van der Waals surface area contributed by atoms with Crippen molar-refractivity contribution in [3.05, 3.63) is 29.8 Å². The number of hydrogen-bond donors (Lipinski definition) is 2. The fraction of sp³-hybridized carbons (Fsp3) is 0.417. The van der Waals surface area contributed by atoms with Crippen molar-refractivity contribution >= 4 is 11.7 Å². The molecule has 3 nitrogen and oxygen atoms in total. The zero-order valence-electron chi connectivity index (χ0n) is 9.46. The van der Waals surface area contributed by atoms with Crippen molar-refractivity contribution in [2.24, 2.45) is 0 Å². The molecule has 0 aliphatic carbocycles. The number of nitrogens with one attached hydrogen (secondary N) is 1. The Hall–Kier alpha value is -1.58. The fourth-order valence-electron chi connectivity index (χ4n) is 1.27. The summed E-state index contributed by atoms with van der Waals surface area (Å²) in [6, 6.07) is 6.48. The maximum atomic E-state index is 13.2. The Morgan fingerprint density at radius 1 is 1.50 bits per heavy atom. The van der Waals surface area contributed by atoms with Crippen LogP contribution in [-0.4, -0.2) is 23.3 Å². The standard InChI is InChI=1S/C12H16FNO2/c1-12(2,13)6-7-14-10-5-3-4-9(8-10)11(15)16/h3-5,8,14H,6-7H2,1-2H3,(H,15,16). The van der Waals surface area contributed by atoms with Crippen LogP contribution < -0.4 is 5.32 Å². The second-order valence-corrected chi connectivity index (χ2v) is 4.28. The molecule has 1 aromatic rings. The van der Waals surface area contributed by atoms with E-state index in [2.05, 4.69) is 5.32 Å². The Balaban J connectivity index is 2.55. The highest BCUT2D eigenvalue weighted by atomic mass is 19.1. The molecule has 0 saturated heterocycles. The van der Waals surface area contributed by atoms with E-state index in [9.17, 15) is 9.18 Å². The molecular formula is C12H16FNO2. The molecule has 0 spiro atoms. The van der Waals surface area contributed by atoms with Gasteiger partial charge < -0.3 is 10.4 Å². The van der Waals surface area contributed by atoms with Crippen LogP contribution in [0.4, 0.5) is 10.1 Å². The Bertz CT molecular complexity index is 372. The van der Waals surface area contributed by atoms with Gasteiger partial charge in [-0.25, -0.2) is 9.18 Å². The van der Waals surface area contributed by atoms with Crippen molar-refractivity contribution in [3.63, 3.8) is 0 Å². The highest BCUT2D eigenvalue weighted by Crippen LogP contribution is 2.15. The number of carboxylic acids is 1. The minimum absolute atomic E-state index is 0.226. The van der Waals surface area contributed by atoms with E-state index in [0.717, 1.165) is 0 Å². The van der Waals surface area contributed by atoms with Crippen LogP contribution in [0.2, 0.25) is 0 Å². The molecule has 0 heterocycles. The first kappa shape index (κ1) is 12.5. The van der Waals surface area contributed by atoms with Crippen LogP contribution in [0, 0.1) is 0 Å². The van der Waals surface area contributed by atoms with Crippen molar-refractivity contribution in [2.45, 2.75) is 25.9 Å². The second kappa shape index (κ2) is 4.96. The van der Waals surface area contributed by atoms with Gasteiger partial charge in [0.25, 0.3) is 0 Å². The first-order valence-electron chi connectivity index (χ1n) is 5.15. The zero-order chi connectivity index (χ0) is 12.2. The van der Waals surface area contributed by atoms with E-state index >= 15 is 0 Å². The summed E-state index contributed by atoms with van der Waals surface area (Å²) >= 11 is 0. The number of alkyl halides is 1. The van der Waals surface area contributed by atoms with Crippen LogP contribution in [0.15, 0.2) is 24.3 Å². The molecule has 0 bridgehead atoms. The Labute approximate surface area is 94.3 Å². The van der Waals surface area contributed by atoms with Crippen LogP contribution in [0.25, 0.3) is 0 Å². The summed E-state index contributed by atoms with van der Waals surface area (Å²) in [6.45, 7) is 3.51. The largest absolute Gasteiger partial charge is 0.478 e. The van der Waals surface area contributed by atoms with Gasteiger partial charge in [0.05, 0.1) is 5.56 Å². The maximum Gasteiger partial charge on any atom is 0.335 e. The summed E-state index contributed by atoms with van der Waals surface area (Å²) < 4.78 is 13.2. The van der Waals surface area contributed by atoms with Crippen molar-refractivity contribution in [2.75, 3.05) is 11.9 Å². The van der Waals surface area contributed by atoms with Gasteiger partial charge in [-0.15, -0.1) is 0 Å². The van der Waals surface area contributed by atoms with Gasteiger partial charge in [0.15, 0.2) is 0 Å². The molecule has 2 N–H and O–H groups in total. The molecule has 1 rings (SSSR count). The SMILES string of the molecule is CC(C)(F)CCNc1cccc(C(=O)O)c1. The number of hydrogen-bond acceptors (Lipinski definition) is 2. The minimum Gasteiger partial charge on any atom is -0.478 e. The molecular weight excluding hydrogens is 209 g/mol. The highest BCUT2D eigenvalue weighted by molar-refractivity contribution is 5.88. The van der Waals surface area contributed by atoms with Crippen LogP contribution in [0.1, 0.15) is 30.6 Å². The number of rotatable bonds is 5. The average Bonchev–Trinajstić information content (AvgIpc) is 2.16. The molecule has 0 aromatic heterocycles. The van der Waals surface area contributed by atoms with E-state index in [0.29, 0.717) is 18.7 Å². The molecule has 16 heavy (non-hydrogen) atoms. The Morgan fingerprint density at radius 2 is 2.19 bits per heavy atom. The smallest absolute Gasteiger partial charge is 0.335 e. The lowest BCUT2D eigenvalue weighted by molar-refractivity contribution is 0.0697.